The lowest BCUT2D eigenvalue weighted by atomic mass is 10.2. The van der Waals surface area contributed by atoms with E-state index >= 15 is 0 Å². The summed E-state index contributed by atoms with van der Waals surface area (Å²) in [5.41, 5.74) is 4.61. The zero-order valence-corrected chi connectivity index (χ0v) is 13.9. The molecule has 0 radical (unpaired) electrons. The van der Waals surface area contributed by atoms with Gasteiger partial charge in [0, 0.05) is 13.1 Å². The zero-order valence-electron chi connectivity index (χ0n) is 13.9. The molecule has 0 atom stereocenters. The van der Waals surface area contributed by atoms with Gasteiger partial charge in [0.05, 0.1) is 24.6 Å². The monoisotopic (exact) mass is 324 g/mol. The van der Waals surface area contributed by atoms with Crippen molar-refractivity contribution in [1.29, 1.82) is 0 Å². The van der Waals surface area contributed by atoms with Gasteiger partial charge in [0.1, 0.15) is 11.3 Å². The second-order valence-corrected chi connectivity index (χ2v) is 6.02. The zero-order chi connectivity index (χ0) is 16.5. The van der Waals surface area contributed by atoms with E-state index in [2.05, 4.69) is 15.2 Å². The molecule has 6 heteroatoms. The van der Waals surface area contributed by atoms with Crippen LogP contribution in [0.15, 0.2) is 34.7 Å². The number of nitrogens with one attached hydrogen (secondary N) is 1. The van der Waals surface area contributed by atoms with Crippen LogP contribution in [0.25, 0.3) is 11.1 Å². The number of hydrogen-bond donors (Lipinski definition) is 1. The van der Waals surface area contributed by atoms with Crippen LogP contribution in [0.1, 0.15) is 11.3 Å². The first-order valence-electron chi connectivity index (χ1n) is 8.13. The molecule has 3 aromatic rings. The summed E-state index contributed by atoms with van der Waals surface area (Å²) in [5, 5.41) is 3.23. The molecule has 1 aliphatic rings. The molecule has 6 nitrogen and oxygen atoms in total. The number of nitrogens with zero attached hydrogens (tertiary/aromatic N) is 3. The van der Waals surface area contributed by atoms with Gasteiger partial charge in [0.2, 0.25) is 0 Å². The lowest BCUT2D eigenvalue weighted by molar-refractivity contribution is 0.122. The smallest absolute Gasteiger partial charge is 0.300 e. The molecule has 3 heterocycles. The van der Waals surface area contributed by atoms with Gasteiger partial charge in [-0.2, -0.15) is 4.98 Å². The molecule has 0 bridgehead atoms. The van der Waals surface area contributed by atoms with Crippen LogP contribution in [0.5, 0.6) is 0 Å². The summed E-state index contributed by atoms with van der Waals surface area (Å²) in [6, 6.07) is 10.5. The van der Waals surface area contributed by atoms with Gasteiger partial charge in [-0.05, 0) is 43.7 Å². The van der Waals surface area contributed by atoms with Gasteiger partial charge in [0.25, 0.3) is 6.01 Å². The minimum atomic E-state index is 0.486. The molecule has 1 saturated heterocycles. The van der Waals surface area contributed by atoms with Gasteiger partial charge in [-0.25, -0.2) is 4.98 Å². The van der Waals surface area contributed by atoms with E-state index in [1.165, 1.54) is 0 Å². The predicted molar refractivity (Wildman–Crippen MR) is 94.0 cm³/mol. The Labute approximate surface area is 140 Å². The van der Waals surface area contributed by atoms with Crippen LogP contribution in [0.3, 0.4) is 0 Å². The predicted octanol–water partition coefficient (Wildman–Crippen LogP) is 3.42. The maximum absolute atomic E-state index is 5.75. The first-order chi connectivity index (χ1) is 11.7. The summed E-state index contributed by atoms with van der Waals surface area (Å²) in [7, 11) is 0. The summed E-state index contributed by atoms with van der Waals surface area (Å²) >= 11 is 0. The Hall–Kier alpha value is -2.60. The summed E-state index contributed by atoms with van der Waals surface area (Å²) in [4.78, 5) is 11.4. The molecular weight excluding hydrogens is 304 g/mol. The van der Waals surface area contributed by atoms with Gasteiger partial charge in [-0.15, -0.1) is 0 Å². The SMILES string of the molecule is Cc1ccc2oc(Nc3ccc(N4CCOCC4)nc3C)nc2c1. The van der Waals surface area contributed by atoms with Gasteiger partial charge < -0.3 is 19.4 Å². The molecule has 4 rings (SSSR count). The fourth-order valence-electron chi connectivity index (χ4n) is 2.85. The summed E-state index contributed by atoms with van der Waals surface area (Å²) in [6.45, 7) is 7.29. The van der Waals surface area contributed by atoms with Crippen LogP contribution in [0.4, 0.5) is 17.5 Å². The number of aromatic nitrogens is 2. The Morgan fingerprint density at radius 1 is 1.04 bits per heavy atom. The Kier molecular flexibility index (Phi) is 3.82. The van der Waals surface area contributed by atoms with Crippen LogP contribution < -0.4 is 10.2 Å². The standard InChI is InChI=1S/C18H20N4O2/c1-12-3-5-16-15(11-12)21-18(24-16)20-14-4-6-17(19-13(14)2)22-7-9-23-10-8-22/h3-6,11H,7-10H2,1-2H3,(H,20,21). The second kappa shape index (κ2) is 6.13. The molecule has 0 saturated carbocycles. The van der Waals surface area contributed by atoms with E-state index in [0.717, 1.165) is 60.2 Å². The molecule has 0 amide bonds. The quantitative estimate of drug-likeness (QED) is 0.796. The van der Waals surface area contributed by atoms with Crippen molar-refractivity contribution in [2.75, 3.05) is 36.5 Å². The number of pyridine rings is 1. The third-order valence-corrected chi connectivity index (χ3v) is 4.19. The van der Waals surface area contributed by atoms with E-state index < -0.39 is 0 Å². The highest BCUT2D eigenvalue weighted by atomic mass is 16.5. The number of benzene rings is 1. The van der Waals surface area contributed by atoms with E-state index in [4.69, 9.17) is 14.1 Å². The Morgan fingerprint density at radius 2 is 1.88 bits per heavy atom. The molecule has 0 spiro atoms. The van der Waals surface area contributed by atoms with E-state index in [1.54, 1.807) is 0 Å². The molecule has 1 fully saturated rings. The normalized spacial score (nSPS) is 15.0. The number of rotatable bonds is 3. The molecule has 2 aromatic heterocycles. The lowest BCUT2D eigenvalue weighted by Crippen LogP contribution is -2.36. The fourth-order valence-corrected chi connectivity index (χ4v) is 2.85. The van der Waals surface area contributed by atoms with Crippen LogP contribution in [0.2, 0.25) is 0 Å². The minimum Gasteiger partial charge on any atom is -0.423 e. The molecule has 1 aliphatic heterocycles. The maximum atomic E-state index is 5.75. The second-order valence-electron chi connectivity index (χ2n) is 6.02. The Balaban J connectivity index is 1.57. The third kappa shape index (κ3) is 2.92. The van der Waals surface area contributed by atoms with Gasteiger partial charge >= 0.3 is 0 Å². The van der Waals surface area contributed by atoms with E-state index in [1.807, 2.05) is 44.2 Å². The van der Waals surface area contributed by atoms with Crippen molar-refractivity contribution in [1.82, 2.24) is 9.97 Å². The van der Waals surface area contributed by atoms with Gasteiger partial charge in [0.15, 0.2) is 5.58 Å². The van der Waals surface area contributed by atoms with Crippen molar-refractivity contribution < 1.29 is 9.15 Å². The van der Waals surface area contributed by atoms with Crippen LogP contribution >= 0.6 is 0 Å². The first-order valence-corrected chi connectivity index (χ1v) is 8.13. The maximum Gasteiger partial charge on any atom is 0.300 e. The van der Waals surface area contributed by atoms with Crippen molar-refractivity contribution >= 4 is 28.6 Å². The van der Waals surface area contributed by atoms with Crippen LogP contribution in [-0.4, -0.2) is 36.3 Å². The number of oxazole rings is 1. The third-order valence-electron chi connectivity index (χ3n) is 4.19. The Bertz CT molecular complexity index is 869. The molecule has 1 N–H and O–H groups in total. The molecule has 124 valence electrons. The number of ether oxygens (including phenoxy) is 1. The van der Waals surface area contributed by atoms with Crippen LogP contribution in [0, 0.1) is 13.8 Å². The first kappa shape index (κ1) is 15.0. The average Bonchev–Trinajstić information content (AvgIpc) is 2.99. The summed E-state index contributed by atoms with van der Waals surface area (Å²) in [6.07, 6.45) is 0. The van der Waals surface area contributed by atoms with E-state index in [0.29, 0.717) is 6.01 Å². The van der Waals surface area contributed by atoms with Crippen molar-refractivity contribution in [3.05, 3.63) is 41.6 Å². The number of fused-ring (bicyclic) bond motifs is 1. The number of hydrogen-bond acceptors (Lipinski definition) is 6. The summed E-state index contributed by atoms with van der Waals surface area (Å²) < 4.78 is 11.1. The van der Waals surface area contributed by atoms with Crippen molar-refractivity contribution in [2.24, 2.45) is 0 Å². The highest BCUT2D eigenvalue weighted by Gasteiger charge is 2.14. The highest BCUT2D eigenvalue weighted by molar-refractivity contribution is 5.76. The molecule has 1 aromatic carbocycles. The fraction of sp³-hybridized carbons (Fsp3) is 0.333. The molecule has 24 heavy (non-hydrogen) atoms. The molecule has 0 aliphatic carbocycles. The van der Waals surface area contributed by atoms with E-state index in [-0.39, 0.29) is 0 Å². The molecular formula is C18H20N4O2. The lowest BCUT2D eigenvalue weighted by Gasteiger charge is -2.28. The highest BCUT2D eigenvalue weighted by Crippen LogP contribution is 2.25. The van der Waals surface area contributed by atoms with Gasteiger partial charge in [-0.1, -0.05) is 6.07 Å². The van der Waals surface area contributed by atoms with Crippen molar-refractivity contribution in [2.45, 2.75) is 13.8 Å². The summed E-state index contributed by atoms with van der Waals surface area (Å²) in [5.74, 6) is 0.981. The topological polar surface area (TPSA) is 63.4 Å². The van der Waals surface area contributed by atoms with Crippen molar-refractivity contribution in [3.8, 4) is 0 Å². The van der Waals surface area contributed by atoms with Crippen LogP contribution in [-0.2, 0) is 4.74 Å². The van der Waals surface area contributed by atoms with Crippen molar-refractivity contribution in [3.63, 3.8) is 0 Å². The largest absolute Gasteiger partial charge is 0.423 e. The minimum absolute atomic E-state index is 0.486. The van der Waals surface area contributed by atoms with E-state index in [9.17, 15) is 0 Å². The average molecular weight is 324 g/mol. The number of anilines is 3. The number of morpholine rings is 1. The van der Waals surface area contributed by atoms with Gasteiger partial charge in [-0.3, -0.25) is 0 Å². The number of aryl methyl sites for hydroxylation is 2. The molecule has 0 unspecified atom stereocenters. The Morgan fingerprint density at radius 3 is 2.67 bits per heavy atom.